The number of carbonyl (C=O) groups excluding carboxylic acids is 5. The van der Waals surface area contributed by atoms with E-state index in [2.05, 4.69) is 15.5 Å². The number of carbonyl (C=O) groups is 5. The van der Waals surface area contributed by atoms with Crippen molar-refractivity contribution in [3.8, 4) is 11.5 Å². The van der Waals surface area contributed by atoms with Crippen LogP contribution in [-0.2, 0) is 23.9 Å². The van der Waals surface area contributed by atoms with Crippen molar-refractivity contribution >= 4 is 35.3 Å². The molecule has 1 saturated heterocycles. The average Bonchev–Trinajstić information content (AvgIpc) is 3.26. The van der Waals surface area contributed by atoms with Crippen LogP contribution in [0.25, 0.3) is 0 Å². The summed E-state index contributed by atoms with van der Waals surface area (Å²) in [5, 5.41) is 3.55. The third kappa shape index (κ3) is 6.09. The Balaban J connectivity index is 1.52. The standard InChI is InChI=1S/C24H25N3O9/c1-33-17-5-4-6-18(34-2)21(17)22(30)26-27-12-15(11-20(27)29)24(32)36-13-19(28)25-16-9-7-14(8-10-16)23(31)35-3/h4-10,15H,11-13H2,1-3H3,(H,25,28)(H,26,30)/t15-/m0/s1. The van der Waals surface area contributed by atoms with Gasteiger partial charge in [-0.2, -0.15) is 0 Å². The van der Waals surface area contributed by atoms with Gasteiger partial charge in [-0.3, -0.25) is 29.6 Å². The normalized spacial score (nSPS) is 14.6. The quantitative estimate of drug-likeness (QED) is 0.485. The first-order valence-corrected chi connectivity index (χ1v) is 10.7. The molecule has 0 bridgehead atoms. The van der Waals surface area contributed by atoms with Gasteiger partial charge in [-0.25, -0.2) is 4.79 Å². The van der Waals surface area contributed by atoms with Crippen molar-refractivity contribution in [3.05, 3.63) is 53.6 Å². The highest BCUT2D eigenvalue weighted by Gasteiger charge is 2.37. The fraction of sp³-hybridized carbons (Fsp3) is 0.292. The summed E-state index contributed by atoms with van der Waals surface area (Å²) in [5.41, 5.74) is 3.26. The van der Waals surface area contributed by atoms with E-state index in [1.54, 1.807) is 18.2 Å². The van der Waals surface area contributed by atoms with E-state index in [4.69, 9.17) is 14.2 Å². The highest BCUT2D eigenvalue weighted by Crippen LogP contribution is 2.28. The van der Waals surface area contributed by atoms with E-state index in [-0.39, 0.29) is 30.0 Å². The van der Waals surface area contributed by atoms with Gasteiger partial charge in [0, 0.05) is 12.1 Å². The monoisotopic (exact) mass is 499 g/mol. The number of anilines is 1. The Morgan fingerprint density at radius 2 is 1.61 bits per heavy atom. The molecule has 0 spiro atoms. The van der Waals surface area contributed by atoms with Gasteiger partial charge < -0.3 is 24.3 Å². The van der Waals surface area contributed by atoms with Gasteiger partial charge in [0.25, 0.3) is 11.8 Å². The van der Waals surface area contributed by atoms with Gasteiger partial charge in [0.05, 0.1) is 39.4 Å². The Kier molecular flexibility index (Phi) is 8.44. The van der Waals surface area contributed by atoms with Crippen molar-refractivity contribution in [2.45, 2.75) is 6.42 Å². The maximum Gasteiger partial charge on any atom is 0.337 e. The molecule has 1 heterocycles. The highest BCUT2D eigenvalue weighted by molar-refractivity contribution is 6.01. The Bertz CT molecular complexity index is 1140. The molecule has 0 saturated carbocycles. The minimum absolute atomic E-state index is 0.0950. The average molecular weight is 499 g/mol. The molecule has 12 nitrogen and oxygen atoms in total. The molecule has 2 aromatic rings. The molecular weight excluding hydrogens is 474 g/mol. The van der Waals surface area contributed by atoms with Crippen LogP contribution in [0, 0.1) is 5.92 Å². The SMILES string of the molecule is COC(=O)c1ccc(NC(=O)COC(=O)[C@H]2CC(=O)N(NC(=O)c3c(OC)cccc3OC)C2)cc1. The second-order valence-corrected chi connectivity index (χ2v) is 7.61. The summed E-state index contributed by atoms with van der Waals surface area (Å²) in [5.74, 6) is -3.39. The zero-order valence-corrected chi connectivity index (χ0v) is 19.9. The molecule has 1 aliphatic heterocycles. The Morgan fingerprint density at radius 3 is 2.19 bits per heavy atom. The molecule has 2 N–H and O–H groups in total. The van der Waals surface area contributed by atoms with Crippen LogP contribution in [0.1, 0.15) is 27.1 Å². The lowest BCUT2D eigenvalue weighted by molar-refractivity contribution is -0.151. The third-order valence-electron chi connectivity index (χ3n) is 5.29. The zero-order chi connectivity index (χ0) is 26.2. The Hall–Kier alpha value is -4.61. The van der Waals surface area contributed by atoms with Crippen molar-refractivity contribution in [1.29, 1.82) is 0 Å². The van der Waals surface area contributed by atoms with Gasteiger partial charge in [0.1, 0.15) is 17.1 Å². The molecule has 1 atom stereocenters. The number of methoxy groups -OCH3 is 3. The predicted octanol–water partition coefficient (Wildman–Crippen LogP) is 1.17. The lowest BCUT2D eigenvalue weighted by atomic mass is 10.1. The summed E-state index contributed by atoms with van der Waals surface area (Å²) in [7, 11) is 4.05. The van der Waals surface area contributed by atoms with E-state index in [0.717, 1.165) is 5.01 Å². The second-order valence-electron chi connectivity index (χ2n) is 7.61. The summed E-state index contributed by atoms with van der Waals surface area (Å²) >= 11 is 0. The summed E-state index contributed by atoms with van der Waals surface area (Å²) in [6, 6.07) is 10.7. The Labute approximate surface area is 206 Å². The first kappa shape index (κ1) is 26.0. The van der Waals surface area contributed by atoms with E-state index < -0.39 is 42.2 Å². The first-order chi connectivity index (χ1) is 17.3. The van der Waals surface area contributed by atoms with Crippen LogP contribution in [0.3, 0.4) is 0 Å². The molecule has 0 aliphatic carbocycles. The zero-order valence-electron chi connectivity index (χ0n) is 19.9. The number of amides is 3. The number of hydrazine groups is 1. The number of hydrogen-bond donors (Lipinski definition) is 2. The molecule has 0 radical (unpaired) electrons. The molecule has 3 amide bonds. The fourth-order valence-electron chi connectivity index (χ4n) is 3.49. The van der Waals surface area contributed by atoms with Crippen molar-refractivity contribution in [3.63, 3.8) is 0 Å². The van der Waals surface area contributed by atoms with Gasteiger partial charge in [0.2, 0.25) is 5.91 Å². The molecule has 190 valence electrons. The summed E-state index contributed by atoms with van der Waals surface area (Å²) in [6.07, 6.45) is -0.196. The highest BCUT2D eigenvalue weighted by atomic mass is 16.5. The topological polar surface area (TPSA) is 150 Å². The lowest BCUT2D eigenvalue weighted by Gasteiger charge is -2.19. The van der Waals surface area contributed by atoms with Crippen LogP contribution in [0.5, 0.6) is 11.5 Å². The summed E-state index contributed by atoms with van der Waals surface area (Å²) < 4.78 is 20.0. The van der Waals surface area contributed by atoms with Gasteiger partial charge in [-0.05, 0) is 36.4 Å². The number of benzene rings is 2. The molecule has 3 rings (SSSR count). The molecule has 0 aromatic heterocycles. The van der Waals surface area contributed by atoms with Crippen molar-refractivity contribution in [2.24, 2.45) is 5.92 Å². The molecule has 1 fully saturated rings. The first-order valence-electron chi connectivity index (χ1n) is 10.7. The minimum Gasteiger partial charge on any atom is -0.496 e. The minimum atomic E-state index is -0.871. The number of ether oxygens (including phenoxy) is 4. The maximum absolute atomic E-state index is 12.8. The van der Waals surface area contributed by atoms with Gasteiger partial charge in [-0.1, -0.05) is 6.07 Å². The van der Waals surface area contributed by atoms with Crippen LogP contribution < -0.4 is 20.2 Å². The molecule has 12 heteroatoms. The van der Waals surface area contributed by atoms with E-state index >= 15 is 0 Å². The lowest BCUT2D eigenvalue weighted by Crippen LogP contribution is -2.43. The Morgan fingerprint density at radius 1 is 0.972 bits per heavy atom. The molecule has 36 heavy (non-hydrogen) atoms. The largest absolute Gasteiger partial charge is 0.496 e. The molecular formula is C24H25N3O9. The van der Waals surface area contributed by atoms with E-state index in [1.165, 1.54) is 45.6 Å². The number of hydrogen-bond acceptors (Lipinski definition) is 9. The summed E-state index contributed by atoms with van der Waals surface area (Å²) in [4.78, 5) is 61.2. The van der Waals surface area contributed by atoms with Gasteiger partial charge in [0.15, 0.2) is 6.61 Å². The summed E-state index contributed by atoms with van der Waals surface area (Å²) in [6.45, 7) is -0.704. The van der Waals surface area contributed by atoms with Gasteiger partial charge >= 0.3 is 11.9 Å². The number of nitrogens with one attached hydrogen (secondary N) is 2. The third-order valence-corrected chi connectivity index (χ3v) is 5.29. The van der Waals surface area contributed by atoms with Crippen LogP contribution in [-0.4, -0.2) is 69.2 Å². The van der Waals surface area contributed by atoms with Crippen LogP contribution in [0.15, 0.2) is 42.5 Å². The van der Waals surface area contributed by atoms with E-state index in [1.807, 2.05) is 0 Å². The number of rotatable bonds is 9. The molecule has 0 unspecified atom stereocenters. The maximum atomic E-state index is 12.8. The predicted molar refractivity (Wildman–Crippen MR) is 124 cm³/mol. The van der Waals surface area contributed by atoms with Crippen LogP contribution in [0.2, 0.25) is 0 Å². The van der Waals surface area contributed by atoms with Gasteiger partial charge in [-0.15, -0.1) is 0 Å². The van der Waals surface area contributed by atoms with Crippen molar-refractivity contribution < 1.29 is 42.9 Å². The van der Waals surface area contributed by atoms with Crippen LogP contribution in [0.4, 0.5) is 5.69 Å². The van der Waals surface area contributed by atoms with Crippen LogP contribution >= 0.6 is 0 Å². The number of esters is 2. The second kappa shape index (κ2) is 11.7. The molecule has 2 aromatic carbocycles. The smallest absolute Gasteiger partial charge is 0.337 e. The fourth-order valence-corrected chi connectivity index (χ4v) is 3.49. The molecule has 1 aliphatic rings. The number of nitrogens with zero attached hydrogens (tertiary/aromatic N) is 1. The van der Waals surface area contributed by atoms with Crippen molar-refractivity contribution in [1.82, 2.24) is 10.4 Å². The van der Waals surface area contributed by atoms with E-state index in [9.17, 15) is 24.0 Å². The van der Waals surface area contributed by atoms with E-state index in [0.29, 0.717) is 11.3 Å². The van der Waals surface area contributed by atoms with Crippen molar-refractivity contribution in [2.75, 3.05) is 39.8 Å².